The first-order valence-electron chi connectivity index (χ1n) is 12.0. The van der Waals surface area contributed by atoms with Gasteiger partial charge in [-0.3, -0.25) is 14.2 Å². The lowest BCUT2D eigenvalue weighted by Gasteiger charge is -2.15. The molecule has 39 heavy (non-hydrogen) atoms. The van der Waals surface area contributed by atoms with Gasteiger partial charge >= 0.3 is 0 Å². The Morgan fingerprint density at radius 1 is 0.897 bits per heavy atom. The van der Waals surface area contributed by atoms with Gasteiger partial charge in [0.2, 0.25) is 5.91 Å². The molecule has 202 valence electrons. The predicted octanol–water partition coefficient (Wildman–Crippen LogP) is 4.26. The number of carbonyl (C=O) groups is 2. The number of ether oxygens (including phenoxy) is 3. The lowest BCUT2D eigenvalue weighted by atomic mass is 10.1. The van der Waals surface area contributed by atoms with Crippen LogP contribution in [0.3, 0.4) is 0 Å². The number of rotatable bonds is 11. The average molecular weight is 548 g/mol. The highest BCUT2D eigenvalue weighted by molar-refractivity contribution is 7.99. The van der Waals surface area contributed by atoms with Crippen LogP contribution in [0.4, 0.5) is 5.69 Å². The van der Waals surface area contributed by atoms with Crippen molar-refractivity contribution < 1.29 is 23.8 Å². The molecule has 2 N–H and O–H groups in total. The maximum Gasteiger partial charge on any atom is 0.251 e. The monoisotopic (exact) mass is 547 g/mol. The van der Waals surface area contributed by atoms with E-state index in [1.807, 2.05) is 25.1 Å². The average Bonchev–Trinajstić information content (AvgIpc) is 3.37. The molecule has 0 spiro atoms. The third-order valence-electron chi connectivity index (χ3n) is 5.72. The first-order valence-corrected chi connectivity index (χ1v) is 13.0. The van der Waals surface area contributed by atoms with E-state index in [0.29, 0.717) is 45.2 Å². The quantitative estimate of drug-likeness (QED) is 0.268. The summed E-state index contributed by atoms with van der Waals surface area (Å²) >= 11 is 1.21. The van der Waals surface area contributed by atoms with Crippen LogP contribution in [0.5, 0.6) is 17.2 Å². The van der Waals surface area contributed by atoms with Gasteiger partial charge in [-0.2, -0.15) is 0 Å². The van der Waals surface area contributed by atoms with Crippen LogP contribution in [0, 0.1) is 6.92 Å². The largest absolute Gasteiger partial charge is 0.497 e. The second-order valence-corrected chi connectivity index (χ2v) is 9.33. The molecule has 4 aromatic rings. The summed E-state index contributed by atoms with van der Waals surface area (Å²) in [7, 11) is 4.71. The maximum absolute atomic E-state index is 12.8. The van der Waals surface area contributed by atoms with Crippen molar-refractivity contribution in [2.24, 2.45) is 0 Å². The van der Waals surface area contributed by atoms with Gasteiger partial charge in [0.15, 0.2) is 11.0 Å². The molecule has 0 aliphatic heterocycles. The Kier molecular flexibility index (Phi) is 9.06. The number of nitrogens with one attached hydrogen (secondary N) is 2. The summed E-state index contributed by atoms with van der Waals surface area (Å²) < 4.78 is 17.9. The number of benzene rings is 3. The van der Waals surface area contributed by atoms with E-state index in [2.05, 4.69) is 20.8 Å². The molecular formula is C28H29N5O5S. The minimum Gasteiger partial charge on any atom is -0.497 e. The maximum atomic E-state index is 12.8. The summed E-state index contributed by atoms with van der Waals surface area (Å²) in [5, 5.41) is 14.9. The van der Waals surface area contributed by atoms with Gasteiger partial charge in [0.05, 0.1) is 39.3 Å². The molecule has 11 heteroatoms. The molecule has 0 bridgehead atoms. The first-order chi connectivity index (χ1) is 18.9. The third-order valence-corrected chi connectivity index (χ3v) is 6.65. The summed E-state index contributed by atoms with van der Waals surface area (Å²) in [6.07, 6.45) is 0. The van der Waals surface area contributed by atoms with Crippen LogP contribution >= 0.6 is 11.8 Å². The molecule has 0 atom stereocenters. The molecule has 0 saturated carbocycles. The van der Waals surface area contributed by atoms with Crippen molar-refractivity contribution in [2.75, 3.05) is 32.4 Å². The molecular weight excluding hydrogens is 518 g/mol. The fraction of sp³-hybridized carbons (Fsp3) is 0.214. The molecule has 10 nitrogen and oxygen atoms in total. The lowest BCUT2D eigenvalue weighted by Crippen LogP contribution is -2.24. The van der Waals surface area contributed by atoms with Gasteiger partial charge < -0.3 is 24.8 Å². The minimum absolute atomic E-state index is 0.0755. The summed E-state index contributed by atoms with van der Waals surface area (Å²) in [6.45, 7) is 2.02. The zero-order chi connectivity index (χ0) is 27.8. The Balaban J connectivity index is 1.57. The van der Waals surface area contributed by atoms with Crippen LogP contribution in [0.2, 0.25) is 0 Å². The molecule has 0 radical (unpaired) electrons. The third kappa shape index (κ3) is 6.88. The standard InChI is InChI=1S/C28H29N5O5S/c1-18-6-5-7-19(14-18)27(35)29-16-25-31-32-28(33(25)23-15-22(37-3)12-13-24(23)38-4)39-17-26(34)30-20-8-10-21(36-2)11-9-20/h5-15H,16-17H2,1-4H3,(H,29,35)(H,30,34). The zero-order valence-corrected chi connectivity index (χ0v) is 22.9. The summed E-state index contributed by atoms with van der Waals surface area (Å²) in [6, 6.07) is 19.7. The number of aromatic nitrogens is 3. The highest BCUT2D eigenvalue weighted by Crippen LogP contribution is 2.32. The number of carbonyl (C=O) groups excluding carboxylic acids is 2. The summed E-state index contributed by atoms with van der Waals surface area (Å²) in [5.74, 6) is 1.93. The molecule has 1 heterocycles. The Bertz CT molecular complexity index is 1460. The Labute approximate surface area is 230 Å². The van der Waals surface area contributed by atoms with Crippen LogP contribution < -0.4 is 24.8 Å². The SMILES string of the molecule is COc1ccc(NC(=O)CSc2nnc(CNC(=O)c3cccc(C)c3)n2-c2cc(OC)ccc2OC)cc1. The fourth-order valence-electron chi connectivity index (χ4n) is 3.77. The van der Waals surface area contributed by atoms with Gasteiger partial charge in [0.1, 0.15) is 17.2 Å². The van der Waals surface area contributed by atoms with Crippen LogP contribution in [0.1, 0.15) is 21.7 Å². The van der Waals surface area contributed by atoms with Gasteiger partial charge in [-0.1, -0.05) is 29.5 Å². The zero-order valence-electron chi connectivity index (χ0n) is 22.1. The van der Waals surface area contributed by atoms with Gasteiger partial charge in [-0.05, 0) is 55.5 Å². The Hall–Kier alpha value is -4.51. The van der Waals surface area contributed by atoms with Crippen LogP contribution in [0.15, 0.2) is 71.9 Å². The van der Waals surface area contributed by atoms with Crippen molar-refractivity contribution in [2.45, 2.75) is 18.6 Å². The molecule has 0 saturated heterocycles. The van der Waals surface area contributed by atoms with E-state index in [-0.39, 0.29) is 24.1 Å². The molecule has 1 aromatic heterocycles. The molecule has 3 aromatic carbocycles. The van der Waals surface area contributed by atoms with Crippen molar-refractivity contribution in [1.82, 2.24) is 20.1 Å². The van der Waals surface area contributed by atoms with E-state index in [0.717, 1.165) is 5.56 Å². The molecule has 0 aliphatic rings. The predicted molar refractivity (Wildman–Crippen MR) is 149 cm³/mol. The van der Waals surface area contributed by atoms with Gasteiger partial charge in [0.25, 0.3) is 5.91 Å². The number of hydrogen-bond acceptors (Lipinski definition) is 8. The number of aryl methyl sites for hydroxylation is 1. The summed E-state index contributed by atoms with van der Waals surface area (Å²) in [5.41, 5.74) is 2.79. The molecule has 2 amide bonds. The molecule has 0 unspecified atom stereocenters. The van der Waals surface area contributed by atoms with Crippen molar-refractivity contribution in [3.05, 3.63) is 83.7 Å². The molecule has 4 rings (SSSR count). The Morgan fingerprint density at radius 3 is 2.33 bits per heavy atom. The number of amides is 2. The number of thioether (sulfide) groups is 1. The second kappa shape index (κ2) is 12.8. The fourth-order valence-corrected chi connectivity index (χ4v) is 4.53. The van der Waals surface area contributed by atoms with Crippen LogP contribution in [-0.4, -0.2) is 53.7 Å². The van der Waals surface area contributed by atoms with Crippen LogP contribution in [-0.2, 0) is 11.3 Å². The van der Waals surface area contributed by atoms with Gasteiger partial charge in [0, 0.05) is 17.3 Å². The highest BCUT2D eigenvalue weighted by atomic mass is 32.2. The summed E-state index contributed by atoms with van der Waals surface area (Å²) in [4.78, 5) is 25.5. The first kappa shape index (κ1) is 27.5. The van der Waals surface area contributed by atoms with E-state index in [9.17, 15) is 9.59 Å². The van der Waals surface area contributed by atoms with E-state index in [4.69, 9.17) is 14.2 Å². The topological polar surface area (TPSA) is 117 Å². The Morgan fingerprint density at radius 2 is 1.64 bits per heavy atom. The number of anilines is 1. The normalized spacial score (nSPS) is 10.6. The van der Waals surface area contributed by atoms with Crippen molar-refractivity contribution >= 4 is 29.3 Å². The lowest BCUT2D eigenvalue weighted by molar-refractivity contribution is -0.113. The van der Waals surface area contributed by atoms with E-state index < -0.39 is 0 Å². The van der Waals surface area contributed by atoms with Crippen molar-refractivity contribution in [3.8, 4) is 22.9 Å². The number of hydrogen-bond donors (Lipinski definition) is 2. The van der Waals surface area contributed by atoms with E-state index in [1.165, 1.54) is 11.8 Å². The smallest absolute Gasteiger partial charge is 0.251 e. The molecule has 0 aliphatic carbocycles. The van der Waals surface area contributed by atoms with Crippen LogP contribution in [0.25, 0.3) is 5.69 Å². The minimum atomic E-state index is -0.237. The van der Waals surface area contributed by atoms with Gasteiger partial charge in [-0.15, -0.1) is 10.2 Å². The van der Waals surface area contributed by atoms with Crippen molar-refractivity contribution in [3.63, 3.8) is 0 Å². The molecule has 0 fully saturated rings. The van der Waals surface area contributed by atoms with Gasteiger partial charge in [-0.25, -0.2) is 0 Å². The number of methoxy groups -OCH3 is 3. The van der Waals surface area contributed by atoms with E-state index >= 15 is 0 Å². The van der Waals surface area contributed by atoms with Crippen molar-refractivity contribution in [1.29, 1.82) is 0 Å². The van der Waals surface area contributed by atoms with E-state index in [1.54, 1.807) is 74.4 Å². The number of nitrogens with zero attached hydrogens (tertiary/aromatic N) is 3. The highest BCUT2D eigenvalue weighted by Gasteiger charge is 2.20. The second-order valence-electron chi connectivity index (χ2n) is 8.39.